The second kappa shape index (κ2) is 5.97. The first-order valence-electron chi connectivity index (χ1n) is 3.90. The maximum atomic E-state index is 9.34. The number of rotatable bonds is 2. The molecule has 0 aromatic rings. The Morgan fingerprint density at radius 1 is 1.50 bits per heavy atom. The van der Waals surface area contributed by atoms with Gasteiger partial charge in [0.25, 0.3) is 0 Å². The van der Waals surface area contributed by atoms with Crippen LogP contribution in [0.3, 0.4) is 0 Å². The van der Waals surface area contributed by atoms with Crippen LogP contribution in [0.4, 0.5) is 0 Å². The highest BCUT2D eigenvalue weighted by molar-refractivity contribution is 5.68. The Hall–Kier alpha value is -0.610. The van der Waals surface area contributed by atoms with E-state index in [2.05, 4.69) is 28.1 Å². The second-order valence-electron chi connectivity index (χ2n) is 3.60. The van der Waals surface area contributed by atoms with Crippen LogP contribution in [-0.4, -0.2) is 49.4 Å². The molecule has 1 atom stereocenters. The van der Waals surface area contributed by atoms with Crippen molar-refractivity contribution in [3.63, 3.8) is 0 Å². The molecule has 0 aromatic heterocycles. The number of carbonyl (C=O) groups excluding carboxylic acids is 1. The van der Waals surface area contributed by atoms with Gasteiger partial charge >= 0.3 is 0 Å². The average Bonchev–Trinajstić information content (AvgIpc) is 1.87. The molecule has 1 N–H and O–H groups in total. The van der Waals surface area contributed by atoms with Gasteiger partial charge in [-0.3, -0.25) is 0 Å². The Balaban J connectivity index is 0. The van der Waals surface area contributed by atoms with Gasteiger partial charge in [-0.2, -0.15) is 0 Å². The summed E-state index contributed by atoms with van der Waals surface area (Å²) in [5, 5.41) is 17.3. The number of carboxylic acids is 1. The maximum absolute atomic E-state index is 9.34. The first-order valence-corrected chi connectivity index (χ1v) is 3.90. The van der Waals surface area contributed by atoms with Crippen molar-refractivity contribution in [1.29, 1.82) is 0 Å². The van der Waals surface area contributed by atoms with Crippen molar-refractivity contribution >= 4 is 5.97 Å². The highest BCUT2D eigenvalue weighted by atomic mass is 16.4. The maximum Gasteiger partial charge on any atom is 0.0905 e. The van der Waals surface area contributed by atoms with Crippen molar-refractivity contribution in [2.45, 2.75) is 20.0 Å². The second-order valence-corrected chi connectivity index (χ2v) is 3.60. The van der Waals surface area contributed by atoms with Crippen molar-refractivity contribution in [3.05, 3.63) is 0 Å². The fraction of sp³-hybridized carbons (Fsp3) is 0.875. The standard InChI is InChI=1S/C5H14N.C3H6O3/c1-5-6(2,3)4;1-2(4)3(5)6/h5H2,1-4H3;2,4H,1H3,(H,5,6)/q+1;/p-1. The monoisotopic (exact) mass is 177 g/mol. The third-order valence-corrected chi connectivity index (χ3v) is 1.29. The number of aliphatic hydroxyl groups is 1. The zero-order chi connectivity index (χ0) is 10.4. The van der Waals surface area contributed by atoms with Gasteiger partial charge in [0.1, 0.15) is 0 Å². The van der Waals surface area contributed by atoms with E-state index in [1.54, 1.807) is 0 Å². The van der Waals surface area contributed by atoms with Crippen molar-refractivity contribution in [3.8, 4) is 0 Å². The summed E-state index contributed by atoms with van der Waals surface area (Å²) < 4.78 is 1.07. The molecule has 4 heteroatoms. The van der Waals surface area contributed by atoms with Gasteiger partial charge in [-0.25, -0.2) is 0 Å². The summed E-state index contributed by atoms with van der Waals surface area (Å²) in [6.07, 6.45) is -1.34. The Morgan fingerprint density at radius 2 is 1.67 bits per heavy atom. The highest BCUT2D eigenvalue weighted by Crippen LogP contribution is 1.83. The Kier molecular flexibility index (Phi) is 6.94. The van der Waals surface area contributed by atoms with Crippen molar-refractivity contribution < 1.29 is 19.5 Å². The van der Waals surface area contributed by atoms with Gasteiger partial charge in [-0.05, 0) is 13.8 Å². The van der Waals surface area contributed by atoms with Gasteiger partial charge in [0.05, 0.1) is 39.8 Å². The number of carbonyl (C=O) groups is 1. The summed E-state index contributed by atoms with van der Waals surface area (Å²) >= 11 is 0. The van der Waals surface area contributed by atoms with Crippen LogP contribution in [0.25, 0.3) is 0 Å². The minimum Gasteiger partial charge on any atom is -0.547 e. The molecule has 0 heterocycles. The van der Waals surface area contributed by atoms with Crippen molar-refractivity contribution in [1.82, 2.24) is 0 Å². The predicted molar refractivity (Wildman–Crippen MR) is 45.3 cm³/mol. The van der Waals surface area contributed by atoms with E-state index in [9.17, 15) is 9.90 Å². The molecule has 0 aliphatic rings. The first-order chi connectivity index (χ1) is 5.20. The van der Waals surface area contributed by atoms with Gasteiger partial charge in [0.15, 0.2) is 0 Å². The summed E-state index contributed by atoms with van der Waals surface area (Å²) in [6.45, 7) is 4.52. The minimum atomic E-state index is -1.44. The van der Waals surface area contributed by atoms with Crippen LogP contribution >= 0.6 is 0 Å². The fourth-order valence-corrected chi connectivity index (χ4v) is 0. The Morgan fingerprint density at radius 3 is 1.67 bits per heavy atom. The van der Waals surface area contributed by atoms with E-state index >= 15 is 0 Å². The molecule has 0 aromatic carbocycles. The lowest BCUT2D eigenvalue weighted by Crippen LogP contribution is -2.33. The Labute approximate surface area is 74.0 Å². The van der Waals surface area contributed by atoms with Gasteiger partial charge in [-0.1, -0.05) is 0 Å². The molecular formula is C8H19NO3. The van der Waals surface area contributed by atoms with Gasteiger partial charge in [-0.15, -0.1) is 0 Å². The number of nitrogens with zero attached hydrogens (tertiary/aromatic N) is 1. The molecule has 0 radical (unpaired) electrons. The molecule has 0 fully saturated rings. The van der Waals surface area contributed by atoms with Gasteiger partial charge < -0.3 is 19.5 Å². The van der Waals surface area contributed by atoms with E-state index in [-0.39, 0.29) is 0 Å². The molecule has 74 valence electrons. The molecule has 0 amide bonds. The number of aliphatic carboxylic acids is 1. The SMILES string of the molecule is CC(O)C(=O)[O-].CC[N+](C)(C)C. The normalized spacial score (nSPS) is 12.8. The molecule has 0 saturated heterocycles. The van der Waals surface area contributed by atoms with Crippen LogP contribution in [-0.2, 0) is 4.79 Å². The molecule has 0 rings (SSSR count). The number of hydrogen-bond acceptors (Lipinski definition) is 3. The average molecular weight is 177 g/mol. The third kappa shape index (κ3) is 16.2. The van der Waals surface area contributed by atoms with Crippen molar-refractivity contribution in [2.75, 3.05) is 27.7 Å². The Bertz CT molecular complexity index is 127. The van der Waals surface area contributed by atoms with Crippen molar-refractivity contribution in [2.24, 2.45) is 0 Å². The van der Waals surface area contributed by atoms with E-state index in [0.29, 0.717) is 0 Å². The van der Waals surface area contributed by atoms with Crippen LogP contribution in [0.15, 0.2) is 0 Å². The summed E-state index contributed by atoms with van der Waals surface area (Å²) in [6, 6.07) is 0. The molecule has 0 saturated carbocycles. The molecular weight excluding hydrogens is 158 g/mol. The molecule has 12 heavy (non-hydrogen) atoms. The molecule has 0 bridgehead atoms. The van der Waals surface area contributed by atoms with E-state index in [4.69, 9.17) is 5.11 Å². The van der Waals surface area contributed by atoms with E-state index in [0.717, 1.165) is 11.4 Å². The lowest BCUT2D eigenvalue weighted by molar-refractivity contribution is -0.868. The zero-order valence-corrected chi connectivity index (χ0v) is 8.50. The molecule has 0 aliphatic heterocycles. The van der Waals surface area contributed by atoms with E-state index < -0.39 is 12.1 Å². The van der Waals surface area contributed by atoms with Gasteiger partial charge in [0, 0.05) is 0 Å². The van der Waals surface area contributed by atoms with Crippen LogP contribution in [0, 0.1) is 0 Å². The summed E-state index contributed by atoms with van der Waals surface area (Å²) in [5.41, 5.74) is 0. The van der Waals surface area contributed by atoms with Crippen LogP contribution in [0.1, 0.15) is 13.8 Å². The molecule has 1 unspecified atom stereocenters. The molecule has 4 nitrogen and oxygen atoms in total. The van der Waals surface area contributed by atoms with Crippen LogP contribution in [0.2, 0.25) is 0 Å². The highest BCUT2D eigenvalue weighted by Gasteiger charge is 1.97. The third-order valence-electron chi connectivity index (χ3n) is 1.29. The van der Waals surface area contributed by atoms with Crippen LogP contribution < -0.4 is 5.11 Å². The summed E-state index contributed by atoms with van der Waals surface area (Å²) in [7, 11) is 6.54. The smallest absolute Gasteiger partial charge is 0.0905 e. The van der Waals surface area contributed by atoms with E-state index in [1.165, 1.54) is 6.54 Å². The lowest BCUT2D eigenvalue weighted by atomic mass is 10.4. The minimum absolute atomic E-state index is 1.07. The van der Waals surface area contributed by atoms with E-state index in [1.807, 2.05) is 0 Å². The largest absolute Gasteiger partial charge is 0.547 e. The molecule has 0 aliphatic carbocycles. The molecule has 0 spiro atoms. The lowest BCUT2D eigenvalue weighted by Gasteiger charge is -2.20. The first kappa shape index (κ1) is 13.9. The number of carboxylic acid groups (broad SMARTS) is 1. The summed E-state index contributed by atoms with van der Waals surface area (Å²) in [4.78, 5) is 9.34. The topological polar surface area (TPSA) is 60.4 Å². The number of quaternary nitrogens is 1. The number of aliphatic hydroxyl groups excluding tert-OH is 1. The fourth-order valence-electron chi connectivity index (χ4n) is 0. The zero-order valence-electron chi connectivity index (χ0n) is 8.50. The predicted octanol–water partition coefficient (Wildman–Crippen LogP) is -1.17. The van der Waals surface area contributed by atoms with Crippen LogP contribution in [0.5, 0.6) is 0 Å². The quantitative estimate of drug-likeness (QED) is 0.541. The number of hydrogen-bond donors (Lipinski definition) is 1. The summed E-state index contributed by atoms with van der Waals surface area (Å²) in [5.74, 6) is -1.44. The van der Waals surface area contributed by atoms with Gasteiger partial charge in [0.2, 0.25) is 0 Å².